The highest BCUT2D eigenvalue weighted by Crippen LogP contribution is 2.29. The monoisotopic (exact) mass is 918 g/mol. The zero-order valence-corrected chi connectivity index (χ0v) is 37.1. The number of hydrogen-bond acceptors (Lipinski definition) is 10. The standard InChI is InChI=1S/C44H42Cl4N8O6/c1-21-7-11-29(45)19-37(21)49-41(59)27-9-13-33(31(47)17-27)53-55-39(25(5)57)43(61)51-35-15-24(4)36(16-23(35)3)52-44(62)40(26(6)58)56-54-34-14-10-28(18-32(34)48)42(60)50-38-20-30(46)12-8-22(38)2/h7-20,53-58H,1-6H3,(H,49,59)(H,50,60)(H,51,61)(H,52,62). The summed E-state index contributed by atoms with van der Waals surface area (Å²) in [6.45, 7) is 9.71. The summed E-state index contributed by atoms with van der Waals surface area (Å²) in [5, 5.41) is 33.2. The maximum absolute atomic E-state index is 13.4. The molecule has 0 saturated carbocycles. The van der Waals surface area contributed by atoms with Gasteiger partial charge in [0.05, 0.1) is 21.4 Å². The number of halogens is 4. The summed E-state index contributed by atoms with van der Waals surface area (Å²) in [6.07, 6.45) is 0. The average molecular weight is 921 g/mol. The van der Waals surface area contributed by atoms with Crippen LogP contribution >= 0.6 is 46.4 Å². The summed E-state index contributed by atoms with van der Waals surface area (Å²) < 4.78 is 0. The van der Waals surface area contributed by atoms with Crippen molar-refractivity contribution in [2.75, 3.05) is 32.1 Å². The lowest BCUT2D eigenvalue weighted by atomic mass is 10.1. The molecule has 0 saturated heterocycles. The second-order valence-corrected chi connectivity index (χ2v) is 15.7. The van der Waals surface area contributed by atoms with Gasteiger partial charge in [-0.25, -0.2) is 0 Å². The van der Waals surface area contributed by atoms with E-state index in [2.05, 4.69) is 43.0 Å². The van der Waals surface area contributed by atoms with Gasteiger partial charge in [-0.05, 0) is 137 Å². The zero-order valence-electron chi connectivity index (χ0n) is 34.1. The van der Waals surface area contributed by atoms with Gasteiger partial charge in [-0.2, -0.15) is 0 Å². The van der Waals surface area contributed by atoms with Gasteiger partial charge < -0.3 is 31.5 Å². The number of aryl methyl sites for hydroxylation is 4. The third kappa shape index (κ3) is 11.8. The Balaban J connectivity index is 1.19. The molecule has 0 spiro atoms. The van der Waals surface area contributed by atoms with Gasteiger partial charge in [0.25, 0.3) is 23.6 Å². The Kier molecular flexibility index (Phi) is 15.2. The van der Waals surface area contributed by atoms with Crippen molar-refractivity contribution in [3.05, 3.63) is 161 Å². The Bertz CT molecular complexity index is 2480. The summed E-state index contributed by atoms with van der Waals surface area (Å²) >= 11 is 25.1. The highest BCUT2D eigenvalue weighted by Gasteiger charge is 2.20. The number of amides is 4. The van der Waals surface area contributed by atoms with Crippen molar-refractivity contribution in [1.29, 1.82) is 0 Å². The van der Waals surface area contributed by atoms with Crippen molar-refractivity contribution in [1.82, 2.24) is 10.9 Å². The molecule has 0 heterocycles. The molecule has 0 unspecified atom stereocenters. The summed E-state index contributed by atoms with van der Waals surface area (Å²) in [7, 11) is 0. The molecule has 0 radical (unpaired) electrons. The number of aliphatic hydroxyl groups excluding tert-OH is 2. The Hall–Kier alpha value is -6.58. The largest absolute Gasteiger partial charge is 0.510 e. The predicted octanol–water partition coefficient (Wildman–Crippen LogP) is 10.7. The Labute approximate surface area is 377 Å². The van der Waals surface area contributed by atoms with Gasteiger partial charge >= 0.3 is 0 Å². The number of hydrazine groups is 2. The van der Waals surface area contributed by atoms with E-state index in [9.17, 15) is 29.4 Å². The molecule has 18 heteroatoms. The molecule has 0 bridgehead atoms. The lowest BCUT2D eigenvalue weighted by Crippen LogP contribution is -2.32. The molecule has 5 aromatic rings. The average Bonchev–Trinajstić information content (AvgIpc) is 3.20. The molecular formula is C44H42Cl4N8O6. The van der Waals surface area contributed by atoms with Gasteiger partial charge in [0.15, 0.2) is 11.4 Å². The van der Waals surface area contributed by atoms with Crippen LogP contribution in [0.25, 0.3) is 0 Å². The number of hydrogen-bond donors (Lipinski definition) is 10. The van der Waals surface area contributed by atoms with Crippen LogP contribution in [0.1, 0.15) is 56.8 Å². The number of aliphatic hydroxyl groups is 2. The number of benzene rings is 5. The maximum atomic E-state index is 13.4. The number of rotatable bonds is 14. The minimum atomic E-state index is -0.708. The molecule has 0 fully saturated rings. The first-order chi connectivity index (χ1) is 29.3. The van der Waals surface area contributed by atoms with Crippen LogP contribution in [0.15, 0.2) is 108 Å². The smallest absolute Gasteiger partial charge is 0.277 e. The normalized spacial score (nSPS) is 11.6. The Morgan fingerprint density at radius 1 is 0.435 bits per heavy atom. The molecular weight excluding hydrogens is 878 g/mol. The van der Waals surface area contributed by atoms with Gasteiger partial charge in [0, 0.05) is 43.9 Å². The minimum absolute atomic E-state index is 0.151. The van der Waals surface area contributed by atoms with Gasteiger partial charge in [-0.15, -0.1) is 0 Å². The third-order valence-corrected chi connectivity index (χ3v) is 10.3. The number of anilines is 6. The number of nitrogens with one attached hydrogen (secondary N) is 8. The molecule has 0 aromatic heterocycles. The summed E-state index contributed by atoms with van der Waals surface area (Å²) in [6, 6.07) is 22.5. The predicted molar refractivity (Wildman–Crippen MR) is 249 cm³/mol. The van der Waals surface area contributed by atoms with E-state index in [4.69, 9.17) is 46.4 Å². The van der Waals surface area contributed by atoms with Crippen molar-refractivity contribution in [2.24, 2.45) is 0 Å². The summed E-state index contributed by atoms with van der Waals surface area (Å²) in [4.78, 5) is 52.6. The van der Waals surface area contributed by atoms with Crippen LogP contribution in [0.3, 0.4) is 0 Å². The molecule has 10 N–H and O–H groups in total. The van der Waals surface area contributed by atoms with E-state index in [0.29, 0.717) is 55.3 Å². The Morgan fingerprint density at radius 2 is 0.790 bits per heavy atom. The van der Waals surface area contributed by atoms with Crippen LogP contribution in [0, 0.1) is 27.7 Å². The van der Waals surface area contributed by atoms with Gasteiger partial charge in [-0.1, -0.05) is 58.5 Å². The van der Waals surface area contributed by atoms with Crippen LogP contribution in [0.2, 0.25) is 20.1 Å². The van der Waals surface area contributed by atoms with Crippen LogP contribution < -0.4 is 43.0 Å². The SMILES string of the molecule is CC(O)=C(NNc1ccc(C(=O)Nc2cc(Cl)ccc2C)cc1Cl)C(=O)Nc1cc(C)c(NC(=O)C(NNc2ccc(C(=O)Nc3cc(Cl)ccc3C)cc2Cl)=C(C)O)cc1C. The maximum Gasteiger partial charge on any atom is 0.277 e. The number of carbonyl (C=O) groups excluding carboxylic acids is 4. The van der Waals surface area contributed by atoms with E-state index >= 15 is 0 Å². The molecule has 0 atom stereocenters. The number of allylic oxidation sites excluding steroid dienone is 2. The highest BCUT2D eigenvalue weighted by atomic mass is 35.5. The molecule has 0 aliphatic heterocycles. The van der Waals surface area contributed by atoms with E-state index in [1.165, 1.54) is 50.2 Å². The molecule has 4 amide bonds. The first-order valence-electron chi connectivity index (χ1n) is 18.6. The van der Waals surface area contributed by atoms with Crippen molar-refractivity contribution in [2.45, 2.75) is 41.5 Å². The zero-order chi connectivity index (χ0) is 45.4. The van der Waals surface area contributed by atoms with Crippen molar-refractivity contribution in [3.8, 4) is 0 Å². The molecule has 5 rings (SSSR count). The first-order valence-corrected chi connectivity index (χ1v) is 20.1. The van der Waals surface area contributed by atoms with Gasteiger partial charge in [-0.3, -0.25) is 40.9 Å². The number of carbonyl (C=O) groups is 4. The van der Waals surface area contributed by atoms with Gasteiger partial charge in [0.1, 0.15) is 11.5 Å². The van der Waals surface area contributed by atoms with E-state index in [0.717, 1.165) is 11.1 Å². The molecule has 14 nitrogen and oxygen atoms in total. The van der Waals surface area contributed by atoms with Gasteiger partial charge in [0.2, 0.25) is 0 Å². The Morgan fingerprint density at radius 3 is 1.13 bits per heavy atom. The summed E-state index contributed by atoms with van der Waals surface area (Å²) in [5.74, 6) is -2.92. The second kappa shape index (κ2) is 20.3. The molecule has 322 valence electrons. The van der Waals surface area contributed by atoms with E-state index < -0.39 is 23.6 Å². The fraction of sp³-hybridized carbons (Fsp3) is 0.136. The van der Waals surface area contributed by atoms with E-state index in [1.54, 1.807) is 62.4 Å². The van der Waals surface area contributed by atoms with Crippen LogP contribution in [-0.4, -0.2) is 33.8 Å². The second-order valence-electron chi connectivity index (χ2n) is 14.0. The van der Waals surface area contributed by atoms with Crippen LogP contribution in [-0.2, 0) is 9.59 Å². The highest BCUT2D eigenvalue weighted by molar-refractivity contribution is 6.34. The van der Waals surface area contributed by atoms with E-state index in [-0.39, 0.29) is 44.1 Å². The fourth-order valence-corrected chi connectivity index (χ4v) is 6.50. The quantitative estimate of drug-likeness (QED) is 0.0290. The van der Waals surface area contributed by atoms with Crippen LogP contribution in [0.4, 0.5) is 34.1 Å². The lowest BCUT2D eigenvalue weighted by Gasteiger charge is -2.19. The summed E-state index contributed by atoms with van der Waals surface area (Å²) in [5.41, 5.74) is 16.2. The fourth-order valence-electron chi connectivity index (χ4n) is 5.70. The van der Waals surface area contributed by atoms with Crippen LogP contribution in [0.5, 0.6) is 0 Å². The van der Waals surface area contributed by atoms with Crippen molar-refractivity contribution >= 4 is 104 Å². The first kappa shape index (κ1) is 46.5. The molecule has 0 aliphatic rings. The van der Waals surface area contributed by atoms with Crippen molar-refractivity contribution < 1.29 is 29.4 Å². The molecule has 62 heavy (non-hydrogen) atoms. The third-order valence-electron chi connectivity index (χ3n) is 9.25. The van der Waals surface area contributed by atoms with E-state index in [1.807, 2.05) is 13.8 Å². The molecule has 5 aromatic carbocycles. The minimum Gasteiger partial charge on any atom is -0.510 e. The lowest BCUT2D eigenvalue weighted by molar-refractivity contribution is -0.114. The topological polar surface area (TPSA) is 205 Å². The van der Waals surface area contributed by atoms with Crippen molar-refractivity contribution in [3.63, 3.8) is 0 Å². The molecule has 0 aliphatic carbocycles.